The van der Waals surface area contributed by atoms with Crippen LogP contribution in [0.2, 0.25) is 0 Å². The summed E-state index contributed by atoms with van der Waals surface area (Å²) in [5.74, 6) is 2.91. The number of piperidine rings is 1. The normalized spacial score (nSPS) is 20.2. The first-order chi connectivity index (χ1) is 11.7. The van der Waals surface area contributed by atoms with Crippen molar-refractivity contribution in [2.45, 2.75) is 40.5 Å². The average molecular weight is 333 g/mol. The fourth-order valence-electron chi connectivity index (χ4n) is 3.76. The first-order valence-electron chi connectivity index (χ1n) is 9.88. The summed E-state index contributed by atoms with van der Waals surface area (Å²) in [6.07, 6.45) is 2.82. The molecular formula is C21H36N2O. The summed E-state index contributed by atoms with van der Waals surface area (Å²) in [6, 6.07) is 8.35. The molecule has 2 aliphatic rings. The van der Waals surface area contributed by atoms with Crippen molar-refractivity contribution >= 4 is 0 Å². The Morgan fingerprint density at radius 2 is 1.58 bits per heavy atom. The first kappa shape index (κ1) is 19.3. The standard InChI is InChI=1S/C19H30N2O.C2H6/c1-3-20-10-8-17(9-11-20)18-14-21(15-18)12-13-22-19-6-4-16(2)5-7-19;1-2/h4-7,17-18H,3,8-15H2,1-2H3;1-2H3. The highest BCUT2D eigenvalue weighted by Gasteiger charge is 2.34. The Bertz CT molecular complexity index is 445. The zero-order valence-electron chi connectivity index (χ0n) is 16.1. The highest BCUT2D eigenvalue weighted by molar-refractivity contribution is 5.26. The van der Waals surface area contributed by atoms with E-state index in [1.165, 1.54) is 51.1 Å². The van der Waals surface area contributed by atoms with Crippen LogP contribution in [-0.4, -0.2) is 55.7 Å². The quantitative estimate of drug-likeness (QED) is 0.781. The van der Waals surface area contributed by atoms with Gasteiger partial charge in [0.1, 0.15) is 12.4 Å². The van der Waals surface area contributed by atoms with Crippen molar-refractivity contribution < 1.29 is 4.74 Å². The third-order valence-corrected chi connectivity index (χ3v) is 5.43. The predicted octanol–water partition coefficient (Wildman–Crippen LogP) is 4.06. The summed E-state index contributed by atoms with van der Waals surface area (Å²) < 4.78 is 5.83. The van der Waals surface area contributed by atoms with Crippen LogP contribution in [0, 0.1) is 18.8 Å². The molecule has 2 saturated heterocycles. The van der Waals surface area contributed by atoms with Crippen molar-refractivity contribution in [2.75, 3.05) is 45.9 Å². The molecule has 0 amide bonds. The fourth-order valence-corrected chi connectivity index (χ4v) is 3.76. The molecule has 3 nitrogen and oxygen atoms in total. The molecule has 1 aromatic carbocycles. The van der Waals surface area contributed by atoms with Gasteiger partial charge < -0.3 is 9.64 Å². The predicted molar refractivity (Wildman–Crippen MR) is 103 cm³/mol. The maximum atomic E-state index is 5.83. The van der Waals surface area contributed by atoms with Gasteiger partial charge >= 0.3 is 0 Å². The third-order valence-electron chi connectivity index (χ3n) is 5.43. The molecule has 2 aliphatic heterocycles. The van der Waals surface area contributed by atoms with E-state index in [0.29, 0.717) is 0 Å². The Balaban J connectivity index is 0.00000100. The lowest BCUT2D eigenvalue weighted by Crippen LogP contribution is -2.52. The van der Waals surface area contributed by atoms with Gasteiger partial charge in [0.05, 0.1) is 0 Å². The van der Waals surface area contributed by atoms with Gasteiger partial charge in [0.25, 0.3) is 0 Å². The molecule has 24 heavy (non-hydrogen) atoms. The van der Waals surface area contributed by atoms with E-state index < -0.39 is 0 Å². The maximum absolute atomic E-state index is 5.83. The second-order valence-corrected chi connectivity index (χ2v) is 6.95. The molecule has 2 fully saturated rings. The van der Waals surface area contributed by atoms with Crippen LogP contribution in [0.1, 0.15) is 39.2 Å². The largest absolute Gasteiger partial charge is 0.492 e. The lowest BCUT2D eigenvalue weighted by molar-refractivity contribution is 0.0215. The highest BCUT2D eigenvalue weighted by Crippen LogP contribution is 2.31. The first-order valence-corrected chi connectivity index (χ1v) is 9.88. The molecule has 1 aromatic rings. The molecule has 0 bridgehead atoms. The summed E-state index contributed by atoms with van der Waals surface area (Å²) in [6.45, 7) is 16.7. The van der Waals surface area contributed by atoms with Gasteiger partial charge in [0.15, 0.2) is 0 Å². The van der Waals surface area contributed by atoms with Crippen molar-refractivity contribution in [3.05, 3.63) is 29.8 Å². The number of aryl methyl sites for hydroxylation is 1. The summed E-state index contributed by atoms with van der Waals surface area (Å²) >= 11 is 0. The molecule has 3 rings (SSSR count). The highest BCUT2D eigenvalue weighted by atomic mass is 16.5. The van der Waals surface area contributed by atoms with Gasteiger partial charge in [-0.05, 0) is 63.4 Å². The fraction of sp³-hybridized carbons (Fsp3) is 0.714. The molecule has 0 radical (unpaired) electrons. The molecular weight excluding hydrogens is 296 g/mol. The van der Waals surface area contributed by atoms with Crippen LogP contribution in [0.15, 0.2) is 24.3 Å². The number of benzene rings is 1. The molecule has 136 valence electrons. The Kier molecular flexibility index (Phi) is 8.07. The van der Waals surface area contributed by atoms with Crippen molar-refractivity contribution in [1.29, 1.82) is 0 Å². The molecule has 0 aromatic heterocycles. The van der Waals surface area contributed by atoms with Gasteiger partial charge in [-0.1, -0.05) is 38.5 Å². The van der Waals surface area contributed by atoms with Crippen molar-refractivity contribution in [2.24, 2.45) is 11.8 Å². The molecule has 0 aliphatic carbocycles. The van der Waals surface area contributed by atoms with Crippen molar-refractivity contribution in [1.82, 2.24) is 9.80 Å². The van der Waals surface area contributed by atoms with Gasteiger partial charge in [0, 0.05) is 19.6 Å². The summed E-state index contributed by atoms with van der Waals surface area (Å²) in [5, 5.41) is 0. The molecule has 2 heterocycles. The van der Waals surface area contributed by atoms with E-state index in [0.717, 1.165) is 30.7 Å². The Hall–Kier alpha value is -1.06. The van der Waals surface area contributed by atoms with E-state index >= 15 is 0 Å². The molecule has 0 saturated carbocycles. The summed E-state index contributed by atoms with van der Waals surface area (Å²) in [5.41, 5.74) is 1.28. The molecule has 0 spiro atoms. The summed E-state index contributed by atoms with van der Waals surface area (Å²) in [7, 11) is 0. The number of hydrogen-bond donors (Lipinski definition) is 0. The number of nitrogens with zero attached hydrogens (tertiary/aromatic N) is 2. The van der Waals surface area contributed by atoms with Crippen molar-refractivity contribution in [3.63, 3.8) is 0 Å². The van der Waals surface area contributed by atoms with E-state index in [4.69, 9.17) is 4.74 Å². The number of ether oxygens (including phenoxy) is 1. The van der Waals surface area contributed by atoms with Gasteiger partial charge in [-0.3, -0.25) is 4.90 Å². The lowest BCUT2D eigenvalue weighted by atomic mass is 9.79. The van der Waals surface area contributed by atoms with Crippen LogP contribution >= 0.6 is 0 Å². The summed E-state index contributed by atoms with van der Waals surface area (Å²) in [4.78, 5) is 5.13. The van der Waals surface area contributed by atoms with E-state index in [1.54, 1.807) is 0 Å². The van der Waals surface area contributed by atoms with Crippen LogP contribution < -0.4 is 4.74 Å². The number of likely N-dealkylation sites (tertiary alicyclic amines) is 2. The van der Waals surface area contributed by atoms with Gasteiger partial charge in [-0.25, -0.2) is 0 Å². The van der Waals surface area contributed by atoms with E-state index in [9.17, 15) is 0 Å². The smallest absolute Gasteiger partial charge is 0.119 e. The zero-order chi connectivity index (χ0) is 17.4. The Morgan fingerprint density at radius 3 is 2.17 bits per heavy atom. The average Bonchev–Trinajstić information content (AvgIpc) is 2.60. The van der Waals surface area contributed by atoms with E-state index in [2.05, 4.69) is 47.9 Å². The van der Waals surface area contributed by atoms with Crippen LogP contribution in [-0.2, 0) is 0 Å². The number of rotatable bonds is 6. The Labute approximate surface area is 149 Å². The van der Waals surface area contributed by atoms with Crippen LogP contribution in [0.25, 0.3) is 0 Å². The molecule has 0 N–H and O–H groups in total. The molecule has 0 atom stereocenters. The van der Waals surface area contributed by atoms with Gasteiger partial charge in [0.2, 0.25) is 0 Å². The van der Waals surface area contributed by atoms with Gasteiger partial charge in [-0.2, -0.15) is 0 Å². The molecule has 3 heteroatoms. The maximum Gasteiger partial charge on any atom is 0.119 e. The Morgan fingerprint density at radius 1 is 0.958 bits per heavy atom. The second kappa shape index (κ2) is 10.0. The number of hydrogen-bond acceptors (Lipinski definition) is 3. The monoisotopic (exact) mass is 332 g/mol. The van der Waals surface area contributed by atoms with Crippen LogP contribution in [0.3, 0.4) is 0 Å². The molecule has 0 unspecified atom stereocenters. The van der Waals surface area contributed by atoms with E-state index in [-0.39, 0.29) is 0 Å². The van der Waals surface area contributed by atoms with Crippen LogP contribution in [0.4, 0.5) is 0 Å². The van der Waals surface area contributed by atoms with Gasteiger partial charge in [-0.15, -0.1) is 0 Å². The van der Waals surface area contributed by atoms with E-state index in [1.807, 2.05) is 13.8 Å². The second-order valence-electron chi connectivity index (χ2n) is 6.95. The SMILES string of the molecule is CC.CCN1CCC(C2CN(CCOc3ccc(C)cc3)C2)CC1. The van der Waals surface area contributed by atoms with Crippen LogP contribution in [0.5, 0.6) is 5.75 Å². The lowest BCUT2D eigenvalue weighted by Gasteiger charge is -2.46. The zero-order valence-corrected chi connectivity index (χ0v) is 16.1. The minimum atomic E-state index is 0.810. The minimum Gasteiger partial charge on any atom is -0.492 e. The third kappa shape index (κ3) is 5.49. The van der Waals surface area contributed by atoms with Crippen molar-refractivity contribution in [3.8, 4) is 5.75 Å². The minimum absolute atomic E-state index is 0.810. The topological polar surface area (TPSA) is 15.7 Å².